The van der Waals surface area contributed by atoms with Gasteiger partial charge in [0.2, 0.25) is 5.95 Å². The number of nitrogens with zero attached hydrogens (tertiary/aromatic N) is 2. The summed E-state index contributed by atoms with van der Waals surface area (Å²) in [6.07, 6.45) is -3.00. The molecule has 1 aromatic heterocycles. The third kappa shape index (κ3) is 5.96. The van der Waals surface area contributed by atoms with Crippen molar-refractivity contribution in [3.8, 4) is 5.75 Å². The maximum absolute atomic E-state index is 13.4. The van der Waals surface area contributed by atoms with E-state index in [2.05, 4.69) is 43.2 Å². The zero-order valence-corrected chi connectivity index (χ0v) is 17.6. The van der Waals surface area contributed by atoms with Gasteiger partial charge in [-0.1, -0.05) is 13.0 Å². The van der Waals surface area contributed by atoms with Crippen molar-refractivity contribution >= 4 is 45.7 Å². The highest BCUT2D eigenvalue weighted by molar-refractivity contribution is 14.1. The predicted molar refractivity (Wildman–Crippen MR) is 115 cm³/mol. The molecule has 152 valence electrons. The van der Waals surface area contributed by atoms with E-state index in [1.54, 1.807) is 36.4 Å². The smallest absolute Gasteiger partial charge is 0.421 e. The number of rotatable bonds is 7. The Hall–Kier alpha value is -2.56. The summed E-state index contributed by atoms with van der Waals surface area (Å²) >= 11 is 2.16. The van der Waals surface area contributed by atoms with E-state index in [9.17, 15) is 13.2 Å². The molecule has 29 heavy (non-hydrogen) atoms. The summed E-state index contributed by atoms with van der Waals surface area (Å²) in [5.74, 6) is 0.282. The zero-order chi connectivity index (χ0) is 20.9. The van der Waals surface area contributed by atoms with Gasteiger partial charge in [-0.05, 0) is 65.4 Å². The van der Waals surface area contributed by atoms with Gasteiger partial charge in [0.05, 0.1) is 6.61 Å². The molecule has 3 rings (SSSR count). The number of anilines is 4. The summed E-state index contributed by atoms with van der Waals surface area (Å²) in [5, 5.41) is 5.66. The molecule has 0 saturated heterocycles. The van der Waals surface area contributed by atoms with Crippen molar-refractivity contribution in [1.82, 2.24) is 9.97 Å². The number of benzene rings is 2. The maximum Gasteiger partial charge on any atom is 0.421 e. The van der Waals surface area contributed by atoms with Crippen LogP contribution in [0.25, 0.3) is 0 Å². The van der Waals surface area contributed by atoms with Gasteiger partial charge in [0, 0.05) is 27.2 Å². The second-order valence-corrected chi connectivity index (χ2v) is 7.33. The lowest BCUT2D eigenvalue weighted by atomic mass is 10.2. The number of halogens is 4. The van der Waals surface area contributed by atoms with Crippen LogP contribution in [0, 0.1) is 3.57 Å². The van der Waals surface area contributed by atoms with Gasteiger partial charge in [0.15, 0.2) is 0 Å². The molecule has 0 bridgehead atoms. The fourth-order valence-corrected chi connectivity index (χ4v) is 2.79. The lowest BCUT2D eigenvalue weighted by molar-refractivity contribution is -0.137. The first kappa shape index (κ1) is 21.2. The number of hydrogen-bond donors (Lipinski definition) is 2. The van der Waals surface area contributed by atoms with Crippen LogP contribution in [0.3, 0.4) is 0 Å². The molecule has 0 atom stereocenters. The number of nitrogens with one attached hydrogen (secondary N) is 2. The van der Waals surface area contributed by atoms with Gasteiger partial charge in [0.1, 0.15) is 17.1 Å². The standard InChI is InChI=1S/C20H18F3IN4O/c1-2-10-29-16-5-3-4-15(11-16)26-18-17(20(21,22)23)12-25-19(28-18)27-14-8-6-13(24)7-9-14/h3-9,11-12H,2,10H2,1H3,(H2,25,26,27,28). The Balaban J connectivity index is 1.89. The minimum atomic E-state index is -4.60. The van der Waals surface area contributed by atoms with Gasteiger partial charge in [0.25, 0.3) is 0 Å². The number of alkyl halides is 3. The van der Waals surface area contributed by atoms with E-state index in [1.165, 1.54) is 0 Å². The predicted octanol–water partition coefficient (Wildman–Crippen LogP) is 6.38. The van der Waals surface area contributed by atoms with Crippen LogP contribution in [-0.4, -0.2) is 16.6 Å². The molecular formula is C20H18F3IN4O. The molecule has 0 spiro atoms. The van der Waals surface area contributed by atoms with Crippen molar-refractivity contribution in [3.05, 3.63) is 63.9 Å². The van der Waals surface area contributed by atoms with E-state index in [-0.39, 0.29) is 11.8 Å². The average molecular weight is 514 g/mol. The first-order chi connectivity index (χ1) is 13.8. The second-order valence-electron chi connectivity index (χ2n) is 6.09. The van der Waals surface area contributed by atoms with Gasteiger partial charge in [-0.2, -0.15) is 18.2 Å². The van der Waals surface area contributed by atoms with E-state index in [0.717, 1.165) is 16.2 Å². The molecule has 0 aliphatic rings. The number of ether oxygens (including phenoxy) is 1. The molecule has 2 aromatic carbocycles. The summed E-state index contributed by atoms with van der Waals surface area (Å²) in [5.41, 5.74) is 0.152. The summed E-state index contributed by atoms with van der Waals surface area (Å²) in [6.45, 7) is 2.50. The molecular weight excluding hydrogens is 496 g/mol. The van der Waals surface area contributed by atoms with Crippen LogP contribution in [0.1, 0.15) is 18.9 Å². The summed E-state index contributed by atoms with van der Waals surface area (Å²) in [7, 11) is 0. The Morgan fingerprint density at radius 1 is 1.03 bits per heavy atom. The highest BCUT2D eigenvalue weighted by atomic mass is 127. The largest absolute Gasteiger partial charge is 0.494 e. The van der Waals surface area contributed by atoms with E-state index in [1.807, 2.05) is 19.1 Å². The van der Waals surface area contributed by atoms with E-state index in [0.29, 0.717) is 23.7 Å². The summed E-state index contributed by atoms with van der Waals surface area (Å²) < 4.78 is 46.9. The Morgan fingerprint density at radius 2 is 1.79 bits per heavy atom. The van der Waals surface area contributed by atoms with Crippen molar-refractivity contribution in [3.63, 3.8) is 0 Å². The second kappa shape index (κ2) is 9.29. The molecule has 0 fully saturated rings. The van der Waals surface area contributed by atoms with Crippen LogP contribution >= 0.6 is 22.6 Å². The van der Waals surface area contributed by atoms with Crippen molar-refractivity contribution in [2.24, 2.45) is 0 Å². The first-order valence-electron chi connectivity index (χ1n) is 8.82. The van der Waals surface area contributed by atoms with Crippen LogP contribution in [0.5, 0.6) is 5.75 Å². The number of aromatic nitrogens is 2. The monoisotopic (exact) mass is 514 g/mol. The zero-order valence-electron chi connectivity index (χ0n) is 15.4. The molecule has 2 N–H and O–H groups in total. The molecule has 0 aliphatic heterocycles. The molecule has 5 nitrogen and oxygen atoms in total. The van der Waals surface area contributed by atoms with E-state index in [4.69, 9.17) is 4.74 Å². The van der Waals surface area contributed by atoms with Crippen molar-refractivity contribution in [2.75, 3.05) is 17.2 Å². The van der Waals surface area contributed by atoms with Gasteiger partial charge >= 0.3 is 6.18 Å². The van der Waals surface area contributed by atoms with Gasteiger partial charge in [-0.3, -0.25) is 0 Å². The third-order valence-electron chi connectivity index (χ3n) is 3.76. The van der Waals surface area contributed by atoms with Crippen LogP contribution < -0.4 is 15.4 Å². The van der Waals surface area contributed by atoms with Crippen molar-refractivity contribution in [1.29, 1.82) is 0 Å². The quantitative estimate of drug-likeness (QED) is 0.359. The highest BCUT2D eigenvalue weighted by Crippen LogP contribution is 2.35. The molecule has 0 amide bonds. The normalized spacial score (nSPS) is 11.2. The summed E-state index contributed by atoms with van der Waals surface area (Å²) in [6, 6.07) is 14.1. The molecule has 9 heteroatoms. The summed E-state index contributed by atoms with van der Waals surface area (Å²) in [4.78, 5) is 7.86. The van der Waals surface area contributed by atoms with Crippen LogP contribution in [0.2, 0.25) is 0 Å². The third-order valence-corrected chi connectivity index (χ3v) is 4.48. The van der Waals surface area contributed by atoms with Crippen molar-refractivity contribution in [2.45, 2.75) is 19.5 Å². The number of hydrogen-bond acceptors (Lipinski definition) is 5. The van der Waals surface area contributed by atoms with Gasteiger partial charge in [-0.25, -0.2) is 4.98 Å². The molecule has 0 unspecified atom stereocenters. The minimum Gasteiger partial charge on any atom is -0.494 e. The molecule has 3 aromatic rings. The van der Waals surface area contributed by atoms with Crippen LogP contribution in [0.4, 0.5) is 36.3 Å². The Kier molecular flexibility index (Phi) is 6.78. The fourth-order valence-electron chi connectivity index (χ4n) is 2.43. The Bertz CT molecular complexity index is 965. The maximum atomic E-state index is 13.4. The van der Waals surface area contributed by atoms with Gasteiger partial charge in [-0.15, -0.1) is 0 Å². The lowest BCUT2D eigenvalue weighted by Gasteiger charge is -2.15. The van der Waals surface area contributed by atoms with E-state index >= 15 is 0 Å². The van der Waals surface area contributed by atoms with E-state index < -0.39 is 11.7 Å². The van der Waals surface area contributed by atoms with Crippen molar-refractivity contribution < 1.29 is 17.9 Å². The molecule has 0 radical (unpaired) electrons. The Morgan fingerprint density at radius 3 is 2.48 bits per heavy atom. The molecule has 1 heterocycles. The minimum absolute atomic E-state index is 0.0556. The average Bonchev–Trinajstić information content (AvgIpc) is 2.68. The van der Waals surface area contributed by atoms with Crippen LogP contribution in [-0.2, 0) is 6.18 Å². The van der Waals surface area contributed by atoms with Crippen LogP contribution in [0.15, 0.2) is 54.7 Å². The lowest BCUT2D eigenvalue weighted by Crippen LogP contribution is -2.12. The fraction of sp³-hybridized carbons (Fsp3) is 0.200. The SMILES string of the molecule is CCCOc1cccc(Nc2nc(Nc3ccc(I)cc3)ncc2C(F)(F)F)c1. The Labute approximate surface area is 179 Å². The molecule has 0 saturated carbocycles. The van der Waals surface area contributed by atoms with Gasteiger partial charge < -0.3 is 15.4 Å². The topological polar surface area (TPSA) is 59.1 Å². The first-order valence-corrected chi connectivity index (χ1v) is 9.90. The highest BCUT2D eigenvalue weighted by Gasteiger charge is 2.35. The molecule has 0 aliphatic carbocycles.